The molecule has 2 rings (SSSR count). The van der Waals surface area contributed by atoms with Crippen LogP contribution in [-0.2, 0) is 27.9 Å². The van der Waals surface area contributed by atoms with E-state index in [1.807, 2.05) is 0 Å². The van der Waals surface area contributed by atoms with E-state index >= 15 is 0 Å². The minimum absolute atomic E-state index is 0.0549. The van der Waals surface area contributed by atoms with Crippen molar-refractivity contribution in [1.82, 2.24) is 10.9 Å². The fourth-order valence-corrected chi connectivity index (χ4v) is 3.31. The number of halogens is 4. The van der Waals surface area contributed by atoms with Crippen molar-refractivity contribution in [2.24, 2.45) is 0 Å². The molecule has 164 valence electrons. The summed E-state index contributed by atoms with van der Waals surface area (Å²) in [4.78, 5) is 10.7. The maximum absolute atomic E-state index is 14.5. The van der Waals surface area contributed by atoms with Crippen LogP contribution in [0.5, 0.6) is 5.75 Å². The maximum Gasteiger partial charge on any atom is 0.472 e. The number of hydrazine groups is 1. The second kappa shape index (κ2) is 9.30. The lowest BCUT2D eigenvalue weighted by molar-refractivity contribution is -0.174. The first-order valence-corrected chi connectivity index (χ1v) is 10.3. The highest BCUT2D eigenvalue weighted by molar-refractivity contribution is 7.92. The number of anilines is 1. The number of ether oxygens (including phenoxy) is 1. The topological polar surface area (TPSA) is 87.7 Å². The van der Waals surface area contributed by atoms with Gasteiger partial charge in [-0.05, 0) is 35.9 Å². The molecule has 0 radical (unpaired) electrons. The number of amides is 1. The average Bonchev–Trinajstić information content (AvgIpc) is 2.65. The molecule has 2 aromatic carbocycles. The van der Waals surface area contributed by atoms with Crippen LogP contribution >= 0.6 is 0 Å². The molecule has 0 heterocycles. The molecule has 0 unspecified atom stereocenters. The Balaban J connectivity index is 2.13. The SMILES string of the molecule is COc1ccc(N(Cc2ccc(CNNC(=O)C(F)(F)F)cc2F)S(C)(=O)=O)cc1. The summed E-state index contributed by atoms with van der Waals surface area (Å²) in [6.07, 6.45) is -4.06. The fourth-order valence-electron chi connectivity index (χ4n) is 2.43. The number of benzene rings is 2. The number of hydrogen-bond donors (Lipinski definition) is 2. The van der Waals surface area contributed by atoms with Gasteiger partial charge < -0.3 is 4.74 Å². The zero-order valence-electron chi connectivity index (χ0n) is 16.0. The summed E-state index contributed by atoms with van der Waals surface area (Å²) in [5.74, 6) is -2.41. The normalized spacial score (nSPS) is 11.8. The second-order valence-electron chi connectivity index (χ2n) is 6.20. The van der Waals surface area contributed by atoms with Gasteiger partial charge in [-0.3, -0.25) is 14.5 Å². The first-order valence-electron chi connectivity index (χ1n) is 8.41. The summed E-state index contributed by atoms with van der Waals surface area (Å²) in [5, 5.41) is 0. The monoisotopic (exact) mass is 449 g/mol. The Kier molecular flexibility index (Phi) is 7.26. The van der Waals surface area contributed by atoms with Gasteiger partial charge in [-0.15, -0.1) is 0 Å². The van der Waals surface area contributed by atoms with Crippen molar-refractivity contribution in [3.8, 4) is 5.75 Å². The lowest BCUT2D eigenvalue weighted by Crippen LogP contribution is -2.44. The minimum Gasteiger partial charge on any atom is -0.497 e. The number of nitrogens with one attached hydrogen (secondary N) is 2. The molecular weight excluding hydrogens is 430 g/mol. The van der Waals surface area contributed by atoms with Gasteiger partial charge in [0.15, 0.2) is 0 Å². The summed E-state index contributed by atoms with van der Waals surface area (Å²) in [5.41, 5.74) is 4.11. The lowest BCUT2D eigenvalue weighted by Gasteiger charge is -2.23. The van der Waals surface area contributed by atoms with E-state index in [1.165, 1.54) is 36.8 Å². The van der Waals surface area contributed by atoms with E-state index in [0.717, 1.165) is 16.6 Å². The third-order valence-corrected chi connectivity index (χ3v) is 5.08. The summed E-state index contributed by atoms with van der Waals surface area (Å²) in [7, 11) is -2.28. The van der Waals surface area contributed by atoms with Gasteiger partial charge in [-0.25, -0.2) is 18.2 Å². The van der Waals surface area contributed by atoms with Gasteiger partial charge >= 0.3 is 12.1 Å². The van der Waals surface area contributed by atoms with Crippen molar-refractivity contribution in [1.29, 1.82) is 0 Å². The summed E-state index contributed by atoms with van der Waals surface area (Å²) >= 11 is 0. The number of sulfonamides is 1. The molecule has 0 saturated heterocycles. The molecule has 2 aromatic rings. The van der Waals surface area contributed by atoms with Gasteiger partial charge in [0.05, 0.1) is 25.6 Å². The molecule has 1 amide bonds. The quantitative estimate of drug-likeness (QED) is 0.478. The Morgan fingerprint density at radius 1 is 1.13 bits per heavy atom. The number of carbonyl (C=O) groups is 1. The van der Waals surface area contributed by atoms with Crippen molar-refractivity contribution in [3.05, 3.63) is 59.4 Å². The molecule has 0 saturated carbocycles. The van der Waals surface area contributed by atoms with Crippen molar-refractivity contribution in [2.75, 3.05) is 17.7 Å². The number of hydrogen-bond acceptors (Lipinski definition) is 5. The Morgan fingerprint density at radius 2 is 1.77 bits per heavy atom. The number of carbonyl (C=O) groups excluding carboxylic acids is 1. The van der Waals surface area contributed by atoms with E-state index in [1.54, 1.807) is 12.1 Å². The summed E-state index contributed by atoms with van der Waals surface area (Å²) in [6.45, 7) is -0.567. The van der Waals surface area contributed by atoms with Crippen LogP contribution in [0, 0.1) is 5.82 Å². The van der Waals surface area contributed by atoms with Crippen LogP contribution in [-0.4, -0.2) is 33.9 Å². The highest BCUT2D eigenvalue weighted by atomic mass is 32.2. The van der Waals surface area contributed by atoms with E-state index in [9.17, 15) is 30.8 Å². The van der Waals surface area contributed by atoms with Gasteiger partial charge in [-0.1, -0.05) is 12.1 Å². The molecule has 0 aliphatic heterocycles. The van der Waals surface area contributed by atoms with E-state index < -0.39 is 27.9 Å². The molecule has 12 heteroatoms. The molecular formula is C18H19F4N3O4S. The first-order chi connectivity index (χ1) is 13.9. The molecule has 0 aromatic heterocycles. The smallest absolute Gasteiger partial charge is 0.472 e. The van der Waals surface area contributed by atoms with Crippen LogP contribution in [0.2, 0.25) is 0 Å². The highest BCUT2D eigenvalue weighted by Crippen LogP contribution is 2.24. The van der Waals surface area contributed by atoms with Crippen LogP contribution in [0.4, 0.5) is 23.2 Å². The van der Waals surface area contributed by atoms with Crippen molar-refractivity contribution >= 4 is 21.6 Å². The average molecular weight is 449 g/mol. The summed E-state index contributed by atoms with van der Waals surface area (Å²) in [6, 6.07) is 9.91. The van der Waals surface area contributed by atoms with E-state index in [2.05, 4.69) is 5.43 Å². The van der Waals surface area contributed by atoms with Crippen LogP contribution in [0.15, 0.2) is 42.5 Å². The van der Waals surface area contributed by atoms with Gasteiger partial charge in [0.1, 0.15) is 11.6 Å². The fraction of sp³-hybridized carbons (Fsp3) is 0.278. The van der Waals surface area contributed by atoms with Crippen molar-refractivity contribution < 1.29 is 35.5 Å². The van der Waals surface area contributed by atoms with Crippen LogP contribution in [0.25, 0.3) is 0 Å². The Hall–Kier alpha value is -2.86. The third-order valence-electron chi connectivity index (χ3n) is 3.94. The Bertz CT molecular complexity index is 995. The Labute approximate surface area is 170 Å². The molecule has 0 aliphatic carbocycles. The van der Waals surface area contributed by atoms with Crippen LogP contribution in [0.1, 0.15) is 11.1 Å². The highest BCUT2D eigenvalue weighted by Gasteiger charge is 2.38. The van der Waals surface area contributed by atoms with E-state index in [0.29, 0.717) is 11.4 Å². The number of alkyl halides is 3. The predicted molar refractivity (Wildman–Crippen MR) is 101 cm³/mol. The largest absolute Gasteiger partial charge is 0.497 e. The number of rotatable bonds is 8. The van der Waals surface area contributed by atoms with Crippen LogP contribution < -0.4 is 19.9 Å². The zero-order chi connectivity index (χ0) is 22.5. The standard InChI is InChI=1S/C18H19F4N3O4S/c1-29-15-7-5-14(6-8-15)25(30(2,27)28)11-13-4-3-12(9-16(13)19)10-23-24-17(26)18(20,21)22/h3-9,23H,10-11H2,1-2H3,(H,24,26). The van der Waals surface area contributed by atoms with Crippen LogP contribution in [0.3, 0.4) is 0 Å². The maximum atomic E-state index is 14.5. The minimum atomic E-state index is -5.04. The van der Waals surface area contributed by atoms with E-state index in [-0.39, 0.29) is 24.2 Å². The van der Waals surface area contributed by atoms with Gasteiger partial charge in [0, 0.05) is 12.1 Å². The number of methoxy groups -OCH3 is 1. The Morgan fingerprint density at radius 3 is 2.27 bits per heavy atom. The molecule has 0 spiro atoms. The molecule has 0 fully saturated rings. The third kappa shape index (κ3) is 6.32. The van der Waals surface area contributed by atoms with Crippen molar-refractivity contribution in [2.45, 2.75) is 19.3 Å². The zero-order valence-corrected chi connectivity index (χ0v) is 16.8. The van der Waals surface area contributed by atoms with Crippen molar-refractivity contribution in [3.63, 3.8) is 0 Å². The van der Waals surface area contributed by atoms with Gasteiger partial charge in [0.25, 0.3) is 0 Å². The van der Waals surface area contributed by atoms with Gasteiger partial charge in [-0.2, -0.15) is 13.2 Å². The molecule has 30 heavy (non-hydrogen) atoms. The van der Waals surface area contributed by atoms with E-state index in [4.69, 9.17) is 4.74 Å². The molecule has 2 N–H and O–H groups in total. The summed E-state index contributed by atoms with van der Waals surface area (Å²) < 4.78 is 81.2. The molecule has 0 aliphatic rings. The van der Waals surface area contributed by atoms with Gasteiger partial charge in [0.2, 0.25) is 10.0 Å². The number of nitrogens with zero attached hydrogens (tertiary/aromatic N) is 1. The molecule has 0 atom stereocenters. The molecule has 7 nitrogen and oxygen atoms in total. The molecule has 0 bridgehead atoms. The predicted octanol–water partition coefficient (Wildman–Crippen LogP) is 2.48. The second-order valence-corrected chi connectivity index (χ2v) is 8.11. The lowest BCUT2D eigenvalue weighted by atomic mass is 10.1. The first kappa shape index (κ1) is 23.4.